The molecule has 0 fully saturated rings. The van der Waals surface area contributed by atoms with Crippen molar-refractivity contribution in [3.8, 4) is 0 Å². The largest absolute Gasteiger partial charge is 0.330 e. The fourth-order valence-electron chi connectivity index (χ4n) is 2.26. The van der Waals surface area contributed by atoms with E-state index in [1.54, 1.807) is 6.07 Å². The summed E-state index contributed by atoms with van der Waals surface area (Å²) in [7, 11) is 0. The molecule has 0 aliphatic heterocycles. The summed E-state index contributed by atoms with van der Waals surface area (Å²) >= 11 is 0. The summed E-state index contributed by atoms with van der Waals surface area (Å²) < 4.78 is 14.0. The van der Waals surface area contributed by atoms with Crippen LogP contribution in [0.4, 0.5) is 4.39 Å². The minimum Gasteiger partial charge on any atom is -0.330 e. The summed E-state index contributed by atoms with van der Waals surface area (Å²) in [6.45, 7) is 4.94. The predicted octanol–water partition coefficient (Wildman–Crippen LogP) is 4.01. The summed E-state index contributed by atoms with van der Waals surface area (Å²) in [5.74, 6) is 0.317. The highest BCUT2D eigenvalue weighted by molar-refractivity contribution is 5.27. The smallest absolute Gasteiger partial charge is 0.126 e. The van der Waals surface area contributed by atoms with Gasteiger partial charge in [0.15, 0.2) is 0 Å². The monoisotopic (exact) mass is 237 g/mol. The normalized spacial score (nSPS) is 11.1. The Morgan fingerprint density at radius 3 is 2.41 bits per heavy atom. The molecular formula is C15H24FN. The van der Waals surface area contributed by atoms with Gasteiger partial charge in [0.25, 0.3) is 0 Å². The Morgan fingerprint density at radius 2 is 1.88 bits per heavy atom. The molecule has 0 bridgehead atoms. The van der Waals surface area contributed by atoms with Gasteiger partial charge in [0, 0.05) is 0 Å². The molecule has 0 atom stereocenters. The molecule has 1 aromatic rings. The van der Waals surface area contributed by atoms with Crippen molar-refractivity contribution in [2.24, 2.45) is 5.73 Å². The maximum Gasteiger partial charge on any atom is 0.126 e. The van der Waals surface area contributed by atoms with Crippen LogP contribution in [-0.4, -0.2) is 6.54 Å². The van der Waals surface area contributed by atoms with Crippen LogP contribution in [0.15, 0.2) is 18.2 Å². The minimum atomic E-state index is -0.0380. The Bertz CT molecular complexity index is 332. The minimum absolute atomic E-state index is 0.0380. The number of unbranched alkanes of at least 4 members (excludes halogenated alkanes) is 1. The van der Waals surface area contributed by atoms with Crippen molar-refractivity contribution in [2.75, 3.05) is 6.54 Å². The Kier molecular flexibility index (Phi) is 6.20. The van der Waals surface area contributed by atoms with Crippen molar-refractivity contribution in [2.45, 2.75) is 51.9 Å². The summed E-state index contributed by atoms with van der Waals surface area (Å²) in [4.78, 5) is 0. The standard InChI is InChI=1S/C15H24FN/c1-3-13(4-2)14-9-8-12(11-15(14)16)7-5-6-10-17/h8-9,11,13H,3-7,10,17H2,1-2H3. The molecule has 0 radical (unpaired) electrons. The van der Waals surface area contributed by atoms with Crippen molar-refractivity contribution in [1.82, 2.24) is 0 Å². The third kappa shape index (κ3) is 4.12. The quantitative estimate of drug-likeness (QED) is 0.712. The molecule has 0 amide bonds. The molecule has 0 heterocycles. The van der Waals surface area contributed by atoms with E-state index in [9.17, 15) is 4.39 Å². The number of benzene rings is 1. The van der Waals surface area contributed by atoms with Gasteiger partial charge in [0.1, 0.15) is 5.82 Å². The highest BCUT2D eigenvalue weighted by Gasteiger charge is 2.12. The molecule has 2 heteroatoms. The van der Waals surface area contributed by atoms with E-state index < -0.39 is 0 Å². The van der Waals surface area contributed by atoms with E-state index in [1.807, 2.05) is 6.07 Å². The zero-order valence-electron chi connectivity index (χ0n) is 11.0. The van der Waals surface area contributed by atoms with Crippen molar-refractivity contribution in [3.05, 3.63) is 35.1 Å². The molecule has 1 rings (SSSR count). The third-order valence-electron chi connectivity index (χ3n) is 3.41. The average molecular weight is 237 g/mol. The number of nitrogens with two attached hydrogens (primary N) is 1. The summed E-state index contributed by atoms with van der Waals surface area (Å²) in [6, 6.07) is 5.72. The number of rotatable bonds is 7. The molecule has 0 aliphatic carbocycles. The van der Waals surface area contributed by atoms with Gasteiger partial charge in [-0.2, -0.15) is 0 Å². The fraction of sp³-hybridized carbons (Fsp3) is 0.600. The van der Waals surface area contributed by atoms with Crippen molar-refractivity contribution < 1.29 is 4.39 Å². The van der Waals surface area contributed by atoms with E-state index in [-0.39, 0.29) is 5.82 Å². The van der Waals surface area contributed by atoms with E-state index in [1.165, 1.54) is 0 Å². The Balaban J connectivity index is 2.71. The van der Waals surface area contributed by atoms with E-state index in [0.717, 1.165) is 43.2 Å². The maximum atomic E-state index is 14.0. The molecule has 0 saturated carbocycles. The van der Waals surface area contributed by atoms with Gasteiger partial charge in [-0.3, -0.25) is 0 Å². The predicted molar refractivity (Wildman–Crippen MR) is 71.7 cm³/mol. The van der Waals surface area contributed by atoms with Crippen LogP contribution < -0.4 is 5.73 Å². The van der Waals surface area contributed by atoms with Gasteiger partial charge in [-0.1, -0.05) is 26.0 Å². The second-order valence-electron chi connectivity index (χ2n) is 4.62. The molecule has 1 aromatic carbocycles. The second kappa shape index (κ2) is 7.44. The lowest BCUT2D eigenvalue weighted by atomic mass is 9.92. The van der Waals surface area contributed by atoms with Crippen LogP contribution in [-0.2, 0) is 6.42 Å². The molecule has 1 nitrogen and oxygen atoms in total. The van der Waals surface area contributed by atoms with Gasteiger partial charge >= 0.3 is 0 Å². The molecule has 17 heavy (non-hydrogen) atoms. The topological polar surface area (TPSA) is 26.0 Å². The van der Waals surface area contributed by atoms with Gasteiger partial charge < -0.3 is 5.73 Å². The number of hydrogen-bond acceptors (Lipinski definition) is 1. The average Bonchev–Trinajstić information content (AvgIpc) is 2.33. The zero-order valence-corrected chi connectivity index (χ0v) is 11.0. The number of halogens is 1. The zero-order chi connectivity index (χ0) is 12.7. The molecule has 0 aromatic heterocycles. The maximum absolute atomic E-state index is 14.0. The molecule has 0 saturated heterocycles. The van der Waals surface area contributed by atoms with E-state index in [2.05, 4.69) is 19.9 Å². The van der Waals surface area contributed by atoms with Gasteiger partial charge in [0.2, 0.25) is 0 Å². The van der Waals surface area contributed by atoms with Crippen molar-refractivity contribution >= 4 is 0 Å². The van der Waals surface area contributed by atoms with Crippen molar-refractivity contribution in [3.63, 3.8) is 0 Å². The van der Waals surface area contributed by atoms with Crippen LogP contribution in [0.3, 0.4) is 0 Å². The van der Waals surface area contributed by atoms with E-state index >= 15 is 0 Å². The molecule has 2 N–H and O–H groups in total. The van der Waals surface area contributed by atoms with E-state index in [4.69, 9.17) is 5.73 Å². The summed E-state index contributed by atoms with van der Waals surface area (Å²) in [6.07, 6.45) is 4.98. The summed E-state index contributed by atoms with van der Waals surface area (Å²) in [5.41, 5.74) is 7.41. The number of aryl methyl sites for hydroxylation is 1. The van der Waals surface area contributed by atoms with Crippen LogP contribution in [0.5, 0.6) is 0 Å². The second-order valence-corrected chi connectivity index (χ2v) is 4.62. The highest BCUT2D eigenvalue weighted by atomic mass is 19.1. The lowest BCUT2D eigenvalue weighted by molar-refractivity contribution is 0.556. The first-order valence-corrected chi connectivity index (χ1v) is 6.71. The van der Waals surface area contributed by atoms with Gasteiger partial charge in [0.05, 0.1) is 0 Å². The van der Waals surface area contributed by atoms with Crippen LogP contribution in [0, 0.1) is 5.82 Å². The Labute approximate surface area is 104 Å². The van der Waals surface area contributed by atoms with E-state index in [0.29, 0.717) is 12.5 Å². The SMILES string of the molecule is CCC(CC)c1ccc(CCCCN)cc1F. The number of hydrogen-bond donors (Lipinski definition) is 1. The molecule has 0 spiro atoms. The van der Waals surface area contributed by atoms with Crippen LogP contribution >= 0.6 is 0 Å². The lowest BCUT2D eigenvalue weighted by Gasteiger charge is -2.14. The highest BCUT2D eigenvalue weighted by Crippen LogP contribution is 2.26. The first kappa shape index (κ1) is 14.2. The Hall–Kier alpha value is -0.890. The van der Waals surface area contributed by atoms with Crippen LogP contribution in [0.25, 0.3) is 0 Å². The van der Waals surface area contributed by atoms with Gasteiger partial charge in [-0.25, -0.2) is 4.39 Å². The summed E-state index contributed by atoms with van der Waals surface area (Å²) in [5, 5.41) is 0. The first-order chi connectivity index (χ1) is 8.22. The van der Waals surface area contributed by atoms with Gasteiger partial charge in [-0.05, 0) is 61.8 Å². The molecule has 0 aliphatic rings. The molecular weight excluding hydrogens is 213 g/mol. The van der Waals surface area contributed by atoms with Crippen LogP contribution in [0.1, 0.15) is 56.6 Å². The third-order valence-corrected chi connectivity index (χ3v) is 3.41. The Morgan fingerprint density at radius 1 is 1.18 bits per heavy atom. The molecule has 0 unspecified atom stereocenters. The first-order valence-electron chi connectivity index (χ1n) is 6.71. The van der Waals surface area contributed by atoms with Crippen molar-refractivity contribution in [1.29, 1.82) is 0 Å². The van der Waals surface area contributed by atoms with Gasteiger partial charge in [-0.15, -0.1) is 0 Å². The lowest BCUT2D eigenvalue weighted by Crippen LogP contribution is -2.01. The van der Waals surface area contributed by atoms with Crippen LogP contribution in [0.2, 0.25) is 0 Å². The fourth-order valence-corrected chi connectivity index (χ4v) is 2.26. The molecule has 96 valence electrons.